The topological polar surface area (TPSA) is 63.6 Å². The van der Waals surface area contributed by atoms with Crippen molar-refractivity contribution in [3.63, 3.8) is 0 Å². The van der Waals surface area contributed by atoms with Crippen LogP contribution in [0.5, 0.6) is 0 Å². The molecule has 18 heavy (non-hydrogen) atoms. The number of aryl methyl sites for hydroxylation is 2. The summed E-state index contributed by atoms with van der Waals surface area (Å²) in [5, 5.41) is 10.3. The van der Waals surface area contributed by atoms with Gasteiger partial charge in [-0.1, -0.05) is 17.8 Å². The minimum atomic E-state index is -0.193. The molecule has 7 heteroatoms. The smallest absolute Gasteiger partial charge is 0.266 e. The Bertz CT molecular complexity index is 584. The van der Waals surface area contributed by atoms with Gasteiger partial charge in [-0.25, -0.2) is 14.9 Å². The van der Waals surface area contributed by atoms with Crippen molar-refractivity contribution < 1.29 is 0 Å². The molecule has 0 radical (unpaired) electrons. The van der Waals surface area contributed by atoms with E-state index in [9.17, 15) is 4.79 Å². The predicted octanol–water partition coefficient (Wildman–Crippen LogP) is 1.86. The summed E-state index contributed by atoms with van der Waals surface area (Å²) in [6.07, 6.45) is 2.56. The average Bonchev–Trinajstić information content (AvgIpc) is 2.90. The third kappa shape index (κ3) is 3.11. The monoisotopic (exact) mass is 282 g/mol. The lowest BCUT2D eigenvalue weighted by Gasteiger charge is -2.01. The van der Waals surface area contributed by atoms with E-state index in [1.807, 2.05) is 6.92 Å². The second-order valence-corrected chi connectivity index (χ2v) is 5.79. The molecule has 0 aliphatic heterocycles. The average molecular weight is 282 g/mol. The summed E-state index contributed by atoms with van der Waals surface area (Å²) in [5.41, 5.74) is 0.903. The first-order valence-electron chi connectivity index (χ1n) is 5.50. The van der Waals surface area contributed by atoms with Gasteiger partial charge >= 0.3 is 5.69 Å². The number of H-pyrrole nitrogens is 1. The maximum Gasteiger partial charge on any atom is 0.344 e. The predicted molar refractivity (Wildman–Crippen MR) is 74.3 cm³/mol. The Balaban J connectivity index is 1.94. The molecule has 0 aliphatic carbocycles. The normalized spacial score (nSPS) is 10.7. The van der Waals surface area contributed by atoms with Gasteiger partial charge in [0.1, 0.15) is 0 Å². The molecule has 2 aromatic heterocycles. The van der Waals surface area contributed by atoms with E-state index < -0.39 is 0 Å². The summed E-state index contributed by atoms with van der Waals surface area (Å²) in [6.45, 7) is 6.11. The maximum absolute atomic E-state index is 11.4. The van der Waals surface area contributed by atoms with Gasteiger partial charge in [0.25, 0.3) is 0 Å². The second-order valence-electron chi connectivity index (χ2n) is 3.67. The van der Waals surface area contributed by atoms with Gasteiger partial charge in [0.15, 0.2) is 5.16 Å². The molecular formula is C11H14N4OS2. The first-order valence-corrected chi connectivity index (χ1v) is 7.37. The Labute approximate surface area is 113 Å². The summed E-state index contributed by atoms with van der Waals surface area (Å²) < 4.78 is 1.57. The Morgan fingerprint density at radius 1 is 1.67 bits per heavy atom. The highest BCUT2D eigenvalue weighted by Crippen LogP contribution is 2.16. The standard InChI is InChI=1S/C11H14N4OS2/c1-3-5-15-10(16)13-14-11(15)17-6-4-9-7-18-8(2)12-9/h3,7H,1,4-6H2,2H3,(H,13,16). The van der Waals surface area contributed by atoms with Crippen LogP contribution in [0.15, 0.2) is 28.0 Å². The van der Waals surface area contributed by atoms with Crippen molar-refractivity contribution in [2.45, 2.75) is 25.0 Å². The number of thioether (sulfide) groups is 1. The molecule has 0 atom stereocenters. The zero-order valence-corrected chi connectivity index (χ0v) is 11.7. The molecule has 0 fully saturated rings. The van der Waals surface area contributed by atoms with Gasteiger partial charge in [0, 0.05) is 24.1 Å². The van der Waals surface area contributed by atoms with Crippen LogP contribution in [0.4, 0.5) is 0 Å². The van der Waals surface area contributed by atoms with Crippen LogP contribution in [0.1, 0.15) is 10.7 Å². The fourth-order valence-electron chi connectivity index (χ4n) is 1.47. The van der Waals surface area contributed by atoms with Gasteiger partial charge in [0.05, 0.1) is 10.7 Å². The lowest BCUT2D eigenvalue weighted by atomic mass is 10.4. The van der Waals surface area contributed by atoms with E-state index in [4.69, 9.17) is 0 Å². The van der Waals surface area contributed by atoms with Gasteiger partial charge in [-0.3, -0.25) is 4.57 Å². The quantitative estimate of drug-likeness (QED) is 0.649. The van der Waals surface area contributed by atoms with Crippen molar-refractivity contribution in [2.75, 3.05) is 5.75 Å². The lowest BCUT2D eigenvalue weighted by Crippen LogP contribution is -2.16. The molecule has 2 rings (SSSR count). The van der Waals surface area contributed by atoms with Crippen LogP contribution in [0.3, 0.4) is 0 Å². The minimum absolute atomic E-state index is 0.193. The number of rotatable bonds is 6. The zero-order chi connectivity index (χ0) is 13.0. The first-order chi connectivity index (χ1) is 8.70. The van der Waals surface area contributed by atoms with E-state index in [-0.39, 0.29) is 5.69 Å². The van der Waals surface area contributed by atoms with Crippen molar-refractivity contribution in [3.05, 3.63) is 39.2 Å². The molecule has 0 saturated heterocycles. The van der Waals surface area contributed by atoms with Gasteiger partial charge in [-0.05, 0) is 6.92 Å². The number of nitrogens with one attached hydrogen (secondary N) is 1. The zero-order valence-electron chi connectivity index (χ0n) is 10.0. The fourth-order valence-corrected chi connectivity index (χ4v) is 3.04. The summed E-state index contributed by atoms with van der Waals surface area (Å²) >= 11 is 3.20. The van der Waals surface area contributed by atoms with E-state index in [0.29, 0.717) is 11.7 Å². The lowest BCUT2D eigenvalue weighted by molar-refractivity contribution is 0.702. The van der Waals surface area contributed by atoms with Crippen LogP contribution in [-0.2, 0) is 13.0 Å². The SMILES string of the molecule is C=CCn1c(SCCc2csc(C)n2)n[nH]c1=O. The third-order valence-corrected chi connectivity index (χ3v) is 4.09. The van der Waals surface area contributed by atoms with Crippen molar-refractivity contribution in [3.8, 4) is 0 Å². The molecule has 2 heterocycles. The van der Waals surface area contributed by atoms with Crippen LogP contribution in [0.25, 0.3) is 0 Å². The van der Waals surface area contributed by atoms with Crippen LogP contribution < -0.4 is 5.69 Å². The maximum atomic E-state index is 11.4. The van der Waals surface area contributed by atoms with Crippen LogP contribution >= 0.6 is 23.1 Å². The Morgan fingerprint density at radius 2 is 2.50 bits per heavy atom. The van der Waals surface area contributed by atoms with Crippen LogP contribution in [0, 0.1) is 6.92 Å². The molecule has 0 amide bonds. The Kier molecular flexibility index (Phi) is 4.38. The van der Waals surface area contributed by atoms with E-state index in [1.165, 1.54) is 0 Å². The highest BCUT2D eigenvalue weighted by molar-refractivity contribution is 7.99. The molecule has 0 aliphatic rings. The van der Waals surface area contributed by atoms with Crippen LogP contribution in [0.2, 0.25) is 0 Å². The number of allylic oxidation sites excluding steroid dienone is 1. The van der Waals surface area contributed by atoms with Crippen molar-refractivity contribution in [1.29, 1.82) is 0 Å². The van der Waals surface area contributed by atoms with Crippen LogP contribution in [-0.4, -0.2) is 25.5 Å². The summed E-state index contributed by atoms with van der Waals surface area (Å²) in [4.78, 5) is 15.8. The molecule has 96 valence electrons. The molecular weight excluding hydrogens is 268 g/mol. The minimum Gasteiger partial charge on any atom is -0.266 e. The van der Waals surface area contributed by atoms with Gasteiger partial charge in [-0.2, -0.15) is 0 Å². The molecule has 0 spiro atoms. The molecule has 0 bridgehead atoms. The molecule has 0 unspecified atom stereocenters. The van der Waals surface area contributed by atoms with E-state index in [2.05, 4.69) is 27.1 Å². The van der Waals surface area contributed by atoms with Gasteiger partial charge < -0.3 is 0 Å². The highest BCUT2D eigenvalue weighted by Gasteiger charge is 2.07. The number of hydrogen-bond acceptors (Lipinski definition) is 5. The summed E-state index contributed by atoms with van der Waals surface area (Å²) in [7, 11) is 0. The van der Waals surface area contributed by atoms with E-state index in [0.717, 1.165) is 22.9 Å². The van der Waals surface area contributed by atoms with E-state index in [1.54, 1.807) is 33.7 Å². The number of thiazole rings is 1. The number of aromatic nitrogens is 4. The van der Waals surface area contributed by atoms with Gasteiger partial charge in [-0.15, -0.1) is 23.0 Å². The number of aromatic amines is 1. The first kappa shape index (κ1) is 13.1. The second kappa shape index (κ2) is 6.01. The highest BCUT2D eigenvalue weighted by atomic mass is 32.2. The van der Waals surface area contributed by atoms with E-state index >= 15 is 0 Å². The summed E-state index contributed by atoms with van der Waals surface area (Å²) in [5.74, 6) is 0.852. The van der Waals surface area contributed by atoms with Crippen molar-refractivity contribution in [2.24, 2.45) is 0 Å². The largest absolute Gasteiger partial charge is 0.344 e. The number of hydrogen-bond donors (Lipinski definition) is 1. The van der Waals surface area contributed by atoms with Gasteiger partial charge in [0.2, 0.25) is 0 Å². The molecule has 0 saturated carbocycles. The fraction of sp³-hybridized carbons (Fsp3) is 0.364. The molecule has 1 N–H and O–H groups in total. The molecule has 2 aromatic rings. The molecule has 5 nitrogen and oxygen atoms in total. The van der Waals surface area contributed by atoms with Crippen molar-refractivity contribution in [1.82, 2.24) is 19.7 Å². The Morgan fingerprint density at radius 3 is 3.17 bits per heavy atom. The Hall–Kier alpha value is -1.34. The molecule has 0 aromatic carbocycles. The van der Waals surface area contributed by atoms with Crippen molar-refractivity contribution >= 4 is 23.1 Å². The number of nitrogens with zero attached hydrogens (tertiary/aromatic N) is 3. The third-order valence-electron chi connectivity index (χ3n) is 2.29. The summed E-state index contributed by atoms with van der Waals surface area (Å²) in [6, 6.07) is 0.